The molecule has 3 nitrogen and oxygen atoms in total. The van der Waals surface area contributed by atoms with Gasteiger partial charge in [-0.3, -0.25) is 4.90 Å². The van der Waals surface area contributed by atoms with Gasteiger partial charge in [0.1, 0.15) is 0 Å². The van der Waals surface area contributed by atoms with Gasteiger partial charge >= 0.3 is 0 Å². The van der Waals surface area contributed by atoms with Crippen LogP contribution in [0.15, 0.2) is 30.3 Å². The highest BCUT2D eigenvalue weighted by Crippen LogP contribution is 2.35. The molecule has 0 aromatic heterocycles. The summed E-state index contributed by atoms with van der Waals surface area (Å²) < 4.78 is 0. The van der Waals surface area contributed by atoms with E-state index in [2.05, 4.69) is 54.1 Å². The molecule has 0 bridgehead atoms. The van der Waals surface area contributed by atoms with Crippen molar-refractivity contribution < 1.29 is 0 Å². The van der Waals surface area contributed by atoms with E-state index < -0.39 is 0 Å². The van der Waals surface area contributed by atoms with Crippen LogP contribution in [0.1, 0.15) is 37.7 Å². The Kier molecular flexibility index (Phi) is 4.63. The number of rotatable bonds is 2. The lowest BCUT2D eigenvalue weighted by atomic mass is 9.78. The van der Waals surface area contributed by atoms with Gasteiger partial charge in [0.05, 0.1) is 0 Å². The maximum absolute atomic E-state index is 6.47. The summed E-state index contributed by atoms with van der Waals surface area (Å²) in [7, 11) is 2.23. The van der Waals surface area contributed by atoms with E-state index >= 15 is 0 Å². The monoisotopic (exact) mass is 287 g/mol. The highest BCUT2D eigenvalue weighted by Gasteiger charge is 2.35. The second kappa shape index (κ2) is 6.47. The predicted molar refractivity (Wildman–Crippen MR) is 88.5 cm³/mol. The fourth-order valence-electron chi connectivity index (χ4n) is 4.00. The summed E-state index contributed by atoms with van der Waals surface area (Å²) in [5, 5.41) is 0. The second-order valence-electron chi connectivity index (χ2n) is 6.98. The molecule has 1 saturated heterocycles. The minimum Gasteiger partial charge on any atom is -0.326 e. The van der Waals surface area contributed by atoms with E-state index in [1.54, 1.807) is 0 Å². The van der Waals surface area contributed by atoms with Gasteiger partial charge in [-0.2, -0.15) is 0 Å². The first-order chi connectivity index (χ1) is 10.1. The molecule has 2 fully saturated rings. The Bertz CT molecular complexity index is 447. The molecular formula is C18H29N3. The second-order valence-corrected chi connectivity index (χ2v) is 6.98. The van der Waals surface area contributed by atoms with Gasteiger partial charge in [-0.1, -0.05) is 30.3 Å². The Morgan fingerprint density at radius 3 is 2.57 bits per heavy atom. The molecule has 3 heteroatoms. The molecule has 1 aromatic carbocycles. The van der Waals surface area contributed by atoms with E-state index in [-0.39, 0.29) is 0 Å². The van der Waals surface area contributed by atoms with E-state index in [4.69, 9.17) is 5.73 Å². The van der Waals surface area contributed by atoms with Gasteiger partial charge in [0.2, 0.25) is 0 Å². The van der Waals surface area contributed by atoms with E-state index in [9.17, 15) is 0 Å². The van der Waals surface area contributed by atoms with Crippen molar-refractivity contribution in [2.24, 2.45) is 5.73 Å². The van der Waals surface area contributed by atoms with Gasteiger partial charge < -0.3 is 10.6 Å². The zero-order valence-corrected chi connectivity index (χ0v) is 13.4. The van der Waals surface area contributed by atoms with Crippen LogP contribution < -0.4 is 5.73 Å². The molecule has 0 amide bonds. The summed E-state index contributed by atoms with van der Waals surface area (Å²) in [5.74, 6) is 0.686. The quantitative estimate of drug-likeness (QED) is 0.906. The van der Waals surface area contributed by atoms with Crippen molar-refractivity contribution in [1.29, 1.82) is 0 Å². The SMILES string of the molecule is CC1CN(C2CC(c3ccccc3)CCC2N)CCN1C. The molecule has 21 heavy (non-hydrogen) atoms. The summed E-state index contributed by atoms with van der Waals surface area (Å²) >= 11 is 0. The van der Waals surface area contributed by atoms with Crippen LogP contribution in [0.3, 0.4) is 0 Å². The smallest absolute Gasteiger partial charge is 0.0254 e. The van der Waals surface area contributed by atoms with Crippen LogP contribution in [-0.2, 0) is 0 Å². The summed E-state index contributed by atoms with van der Waals surface area (Å²) in [5.41, 5.74) is 7.97. The topological polar surface area (TPSA) is 32.5 Å². The van der Waals surface area contributed by atoms with E-state index in [0.29, 0.717) is 24.0 Å². The Labute approximate surface area is 129 Å². The lowest BCUT2D eigenvalue weighted by molar-refractivity contribution is 0.0456. The maximum atomic E-state index is 6.47. The van der Waals surface area contributed by atoms with Gasteiger partial charge in [-0.05, 0) is 44.7 Å². The number of hydrogen-bond acceptors (Lipinski definition) is 3. The third-order valence-electron chi connectivity index (χ3n) is 5.60. The molecule has 0 radical (unpaired) electrons. The van der Waals surface area contributed by atoms with E-state index in [1.165, 1.54) is 31.5 Å². The third-order valence-corrected chi connectivity index (χ3v) is 5.60. The molecule has 0 spiro atoms. The Morgan fingerprint density at radius 2 is 1.86 bits per heavy atom. The van der Waals surface area contributed by atoms with E-state index in [1.807, 2.05) is 0 Å². The van der Waals surface area contributed by atoms with Gasteiger partial charge in [-0.15, -0.1) is 0 Å². The standard InChI is InChI=1S/C18H29N3/c1-14-13-21(11-10-20(14)2)18-12-16(8-9-17(18)19)15-6-4-3-5-7-15/h3-7,14,16-18H,8-13,19H2,1-2H3. The van der Waals surface area contributed by atoms with Gasteiger partial charge in [0.15, 0.2) is 0 Å². The number of likely N-dealkylation sites (N-methyl/N-ethyl adjacent to an activating group) is 1. The molecule has 4 unspecified atom stereocenters. The van der Waals surface area contributed by atoms with Crippen molar-refractivity contribution in [2.45, 2.75) is 50.2 Å². The van der Waals surface area contributed by atoms with Crippen molar-refractivity contribution in [1.82, 2.24) is 9.80 Å². The van der Waals surface area contributed by atoms with Crippen molar-refractivity contribution in [3.8, 4) is 0 Å². The molecule has 1 aliphatic carbocycles. The zero-order chi connectivity index (χ0) is 14.8. The zero-order valence-electron chi connectivity index (χ0n) is 13.4. The molecule has 1 heterocycles. The van der Waals surface area contributed by atoms with Crippen molar-refractivity contribution in [3.63, 3.8) is 0 Å². The predicted octanol–water partition coefficient (Wildman–Crippen LogP) is 2.29. The normalized spacial score (nSPS) is 35.8. The summed E-state index contributed by atoms with van der Waals surface area (Å²) in [4.78, 5) is 5.12. The maximum Gasteiger partial charge on any atom is 0.0254 e. The van der Waals surface area contributed by atoms with Crippen LogP contribution in [0.4, 0.5) is 0 Å². The number of benzene rings is 1. The molecule has 1 aromatic rings. The van der Waals surface area contributed by atoms with Crippen molar-refractivity contribution in [3.05, 3.63) is 35.9 Å². The van der Waals surface area contributed by atoms with Crippen LogP contribution in [0.25, 0.3) is 0 Å². The van der Waals surface area contributed by atoms with Gasteiger partial charge in [0.25, 0.3) is 0 Å². The molecule has 2 aliphatic rings. The number of nitrogens with zero attached hydrogens (tertiary/aromatic N) is 2. The lowest BCUT2D eigenvalue weighted by Gasteiger charge is -2.46. The average Bonchev–Trinajstić information content (AvgIpc) is 2.51. The lowest BCUT2D eigenvalue weighted by Crippen LogP contribution is -2.59. The first kappa shape index (κ1) is 15.0. The Morgan fingerprint density at radius 1 is 1.10 bits per heavy atom. The summed E-state index contributed by atoms with van der Waals surface area (Å²) in [6, 6.07) is 12.5. The summed E-state index contributed by atoms with van der Waals surface area (Å²) in [6.45, 7) is 5.83. The highest BCUT2D eigenvalue weighted by molar-refractivity contribution is 5.21. The largest absolute Gasteiger partial charge is 0.326 e. The Balaban J connectivity index is 1.69. The third kappa shape index (κ3) is 3.31. The van der Waals surface area contributed by atoms with Crippen LogP contribution in [-0.4, -0.2) is 54.6 Å². The minimum atomic E-state index is 0.348. The van der Waals surface area contributed by atoms with Gasteiger partial charge in [-0.25, -0.2) is 0 Å². The molecule has 1 aliphatic heterocycles. The van der Waals surface area contributed by atoms with E-state index in [0.717, 1.165) is 13.0 Å². The highest BCUT2D eigenvalue weighted by atomic mass is 15.3. The van der Waals surface area contributed by atoms with Gasteiger partial charge in [0, 0.05) is 37.8 Å². The molecule has 3 rings (SSSR count). The molecule has 1 saturated carbocycles. The minimum absolute atomic E-state index is 0.348. The number of nitrogens with two attached hydrogens (primary N) is 1. The van der Waals surface area contributed by atoms with Crippen molar-refractivity contribution in [2.75, 3.05) is 26.7 Å². The van der Waals surface area contributed by atoms with Crippen LogP contribution in [0, 0.1) is 0 Å². The number of piperazine rings is 1. The molecular weight excluding hydrogens is 258 g/mol. The first-order valence-electron chi connectivity index (χ1n) is 8.40. The molecule has 4 atom stereocenters. The molecule has 116 valence electrons. The van der Waals surface area contributed by atoms with Crippen LogP contribution >= 0.6 is 0 Å². The van der Waals surface area contributed by atoms with Crippen molar-refractivity contribution >= 4 is 0 Å². The fourth-order valence-corrected chi connectivity index (χ4v) is 4.00. The average molecular weight is 287 g/mol. The molecule has 2 N–H and O–H groups in total. The van der Waals surface area contributed by atoms with Crippen LogP contribution in [0.2, 0.25) is 0 Å². The van der Waals surface area contributed by atoms with Crippen LogP contribution in [0.5, 0.6) is 0 Å². The Hall–Kier alpha value is -0.900. The first-order valence-corrected chi connectivity index (χ1v) is 8.40. The number of hydrogen-bond donors (Lipinski definition) is 1. The fraction of sp³-hybridized carbons (Fsp3) is 0.667. The summed E-state index contributed by atoms with van der Waals surface area (Å²) in [6.07, 6.45) is 3.62.